The monoisotopic (exact) mass is 280 g/mol. The van der Waals surface area contributed by atoms with E-state index in [-0.39, 0.29) is 17.6 Å². The van der Waals surface area contributed by atoms with Crippen LogP contribution in [-0.2, 0) is 9.53 Å². The Kier molecular flexibility index (Phi) is 6.01. The second-order valence-electron chi connectivity index (χ2n) is 6.47. The molecular formula is C16H28N2O2. The summed E-state index contributed by atoms with van der Waals surface area (Å²) < 4.78 is 5.67. The summed E-state index contributed by atoms with van der Waals surface area (Å²) in [6, 6.07) is 2.40. The van der Waals surface area contributed by atoms with E-state index in [0.717, 1.165) is 25.7 Å². The zero-order valence-electron chi connectivity index (χ0n) is 13.3. The van der Waals surface area contributed by atoms with E-state index in [1.54, 1.807) is 0 Å². The van der Waals surface area contributed by atoms with Crippen LogP contribution in [-0.4, -0.2) is 24.2 Å². The van der Waals surface area contributed by atoms with Crippen molar-refractivity contribution in [2.75, 3.05) is 6.61 Å². The van der Waals surface area contributed by atoms with E-state index >= 15 is 0 Å². The highest BCUT2D eigenvalue weighted by Crippen LogP contribution is 2.31. The first-order valence-corrected chi connectivity index (χ1v) is 7.75. The Labute approximate surface area is 122 Å². The minimum absolute atomic E-state index is 0.0913. The van der Waals surface area contributed by atoms with E-state index < -0.39 is 5.41 Å². The smallest absolute Gasteiger partial charge is 0.240 e. The number of rotatable bonds is 6. The van der Waals surface area contributed by atoms with Gasteiger partial charge in [-0.1, -0.05) is 26.7 Å². The predicted molar refractivity (Wildman–Crippen MR) is 79.1 cm³/mol. The standard InChI is InChI=1S/C16H28N2O2/c1-5-8-16(12-17,9-6-2)14(19)18-13-7-10-20-15(3,4)11-13/h13H,5-11H2,1-4H3,(H,18,19). The maximum absolute atomic E-state index is 12.6. The lowest BCUT2D eigenvalue weighted by atomic mass is 9.79. The number of amides is 1. The fourth-order valence-electron chi connectivity index (χ4n) is 3.05. The molecule has 4 nitrogen and oxygen atoms in total. The number of ether oxygens (including phenoxy) is 1. The number of nitriles is 1. The van der Waals surface area contributed by atoms with Crippen molar-refractivity contribution in [2.24, 2.45) is 5.41 Å². The number of nitrogens with zero attached hydrogens (tertiary/aromatic N) is 1. The van der Waals surface area contributed by atoms with Crippen LogP contribution in [0, 0.1) is 16.7 Å². The van der Waals surface area contributed by atoms with Crippen molar-refractivity contribution >= 4 is 5.91 Å². The van der Waals surface area contributed by atoms with Crippen molar-refractivity contribution in [3.63, 3.8) is 0 Å². The second-order valence-corrected chi connectivity index (χ2v) is 6.47. The molecule has 1 heterocycles. The molecule has 0 bridgehead atoms. The van der Waals surface area contributed by atoms with Gasteiger partial charge in [-0.2, -0.15) is 5.26 Å². The van der Waals surface area contributed by atoms with E-state index in [4.69, 9.17) is 4.74 Å². The number of hydrogen-bond donors (Lipinski definition) is 1. The molecule has 0 aromatic rings. The fraction of sp³-hybridized carbons (Fsp3) is 0.875. The van der Waals surface area contributed by atoms with E-state index in [1.807, 2.05) is 27.7 Å². The average Bonchev–Trinajstić information content (AvgIpc) is 2.37. The molecule has 4 heteroatoms. The molecule has 1 N–H and O–H groups in total. The third-order valence-corrected chi connectivity index (χ3v) is 4.03. The lowest BCUT2D eigenvalue weighted by Crippen LogP contribution is -2.50. The van der Waals surface area contributed by atoms with Crippen molar-refractivity contribution in [1.82, 2.24) is 5.32 Å². The Hall–Kier alpha value is -1.08. The van der Waals surface area contributed by atoms with E-state index in [9.17, 15) is 10.1 Å². The first kappa shape index (κ1) is 17.0. The molecule has 1 amide bonds. The van der Waals surface area contributed by atoms with Gasteiger partial charge in [-0.15, -0.1) is 0 Å². The molecule has 0 radical (unpaired) electrons. The Balaban J connectivity index is 2.73. The molecule has 0 aromatic heterocycles. The van der Waals surface area contributed by atoms with Gasteiger partial charge in [-0.05, 0) is 39.5 Å². The van der Waals surface area contributed by atoms with Crippen LogP contribution in [0.5, 0.6) is 0 Å². The Morgan fingerprint density at radius 3 is 2.45 bits per heavy atom. The van der Waals surface area contributed by atoms with Crippen LogP contribution in [0.2, 0.25) is 0 Å². The van der Waals surface area contributed by atoms with Gasteiger partial charge in [0.05, 0.1) is 11.7 Å². The summed E-state index contributed by atoms with van der Waals surface area (Å²) in [6.45, 7) is 8.79. The van der Waals surface area contributed by atoms with Gasteiger partial charge < -0.3 is 10.1 Å². The lowest BCUT2D eigenvalue weighted by molar-refractivity contribution is -0.131. The van der Waals surface area contributed by atoms with Gasteiger partial charge in [-0.3, -0.25) is 4.79 Å². The summed E-state index contributed by atoms with van der Waals surface area (Å²) >= 11 is 0. The van der Waals surface area contributed by atoms with Crippen LogP contribution in [0.4, 0.5) is 0 Å². The molecule has 1 unspecified atom stereocenters. The molecule has 0 spiro atoms. The minimum atomic E-state index is -0.855. The summed E-state index contributed by atoms with van der Waals surface area (Å²) in [7, 11) is 0. The van der Waals surface area contributed by atoms with E-state index in [1.165, 1.54) is 0 Å². The molecule has 20 heavy (non-hydrogen) atoms. The zero-order chi connectivity index (χ0) is 15.2. The Bertz CT molecular complexity index is 365. The maximum Gasteiger partial charge on any atom is 0.240 e. The largest absolute Gasteiger partial charge is 0.375 e. The van der Waals surface area contributed by atoms with Crippen molar-refractivity contribution in [3.8, 4) is 6.07 Å². The summed E-state index contributed by atoms with van der Waals surface area (Å²) in [5, 5.41) is 12.6. The number of carbonyl (C=O) groups is 1. The Morgan fingerprint density at radius 1 is 1.40 bits per heavy atom. The maximum atomic E-state index is 12.6. The predicted octanol–water partition coefficient (Wildman–Crippen LogP) is 3.17. The second kappa shape index (κ2) is 7.08. The lowest BCUT2D eigenvalue weighted by Gasteiger charge is -2.37. The van der Waals surface area contributed by atoms with Crippen molar-refractivity contribution in [1.29, 1.82) is 5.26 Å². The SMILES string of the molecule is CCCC(C#N)(CCC)C(=O)NC1CCOC(C)(C)C1. The van der Waals surface area contributed by atoms with Gasteiger partial charge in [-0.25, -0.2) is 0 Å². The van der Waals surface area contributed by atoms with Crippen molar-refractivity contribution in [3.05, 3.63) is 0 Å². The van der Waals surface area contributed by atoms with Crippen LogP contribution < -0.4 is 5.32 Å². The van der Waals surface area contributed by atoms with E-state index in [2.05, 4.69) is 11.4 Å². The number of carbonyl (C=O) groups excluding carboxylic acids is 1. The molecule has 0 aliphatic carbocycles. The highest BCUT2D eigenvalue weighted by atomic mass is 16.5. The van der Waals surface area contributed by atoms with Gasteiger partial charge in [0, 0.05) is 12.6 Å². The van der Waals surface area contributed by atoms with Gasteiger partial charge in [0.25, 0.3) is 0 Å². The highest BCUT2D eigenvalue weighted by molar-refractivity contribution is 5.85. The third-order valence-electron chi connectivity index (χ3n) is 4.03. The summed E-state index contributed by atoms with van der Waals surface area (Å²) in [5.41, 5.74) is -1.05. The minimum Gasteiger partial charge on any atom is -0.375 e. The summed E-state index contributed by atoms with van der Waals surface area (Å²) in [4.78, 5) is 12.6. The first-order chi connectivity index (χ1) is 9.39. The van der Waals surface area contributed by atoms with Crippen molar-refractivity contribution < 1.29 is 9.53 Å². The van der Waals surface area contributed by atoms with Crippen LogP contribution in [0.1, 0.15) is 66.2 Å². The van der Waals surface area contributed by atoms with Crippen LogP contribution in [0.3, 0.4) is 0 Å². The van der Waals surface area contributed by atoms with Crippen molar-refractivity contribution in [2.45, 2.75) is 77.9 Å². The molecule has 0 aromatic carbocycles. The molecule has 1 fully saturated rings. The van der Waals surface area contributed by atoms with Gasteiger partial charge >= 0.3 is 0 Å². The quantitative estimate of drug-likeness (QED) is 0.813. The summed E-state index contributed by atoms with van der Waals surface area (Å²) in [6.07, 6.45) is 4.60. The normalized spacial score (nSPS) is 22.1. The molecule has 0 saturated carbocycles. The first-order valence-electron chi connectivity index (χ1n) is 7.75. The third kappa shape index (κ3) is 4.21. The molecule has 1 rings (SSSR count). The van der Waals surface area contributed by atoms with Gasteiger partial charge in [0.1, 0.15) is 5.41 Å². The molecule has 1 saturated heterocycles. The molecule has 1 aliphatic rings. The molecule has 1 aliphatic heterocycles. The number of nitrogens with one attached hydrogen (secondary N) is 1. The molecule has 1 atom stereocenters. The Morgan fingerprint density at radius 2 is 2.00 bits per heavy atom. The van der Waals surface area contributed by atoms with E-state index in [0.29, 0.717) is 19.4 Å². The van der Waals surface area contributed by atoms with Crippen LogP contribution >= 0.6 is 0 Å². The average molecular weight is 280 g/mol. The van der Waals surface area contributed by atoms with Crippen LogP contribution in [0.25, 0.3) is 0 Å². The highest BCUT2D eigenvalue weighted by Gasteiger charge is 2.39. The molecule has 114 valence electrons. The summed E-state index contributed by atoms with van der Waals surface area (Å²) in [5.74, 6) is -0.0913. The number of hydrogen-bond acceptors (Lipinski definition) is 3. The molecular weight excluding hydrogens is 252 g/mol. The van der Waals surface area contributed by atoms with Crippen LogP contribution in [0.15, 0.2) is 0 Å². The zero-order valence-corrected chi connectivity index (χ0v) is 13.3. The fourth-order valence-corrected chi connectivity index (χ4v) is 3.05. The van der Waals surface area contributed by atoms with Gasteiger partial charge in [0.2, 0.25) is 5.91 Å². The topological polar surface area (TPSA) is 62.1 Å². The van der Waals surface area contributed by atoms with Gasteiger partial charge in [0.15, 0.2) is 0 Å².